The Morgan fingerprint density at radius 1 is 1.32 bits per heavy atom. The maximum atomic E-state index is 5.47. The third kappa shape index (κ3) is 5.29. The summed E-state index contributed by atoms with van der Waals surface area (Å²) in [5, 5.41) is 4.37. The maximum Gasteiger partial charge on any atom is 0.119 e. The molecule has 2 rings (SSSR count). The van der Waals surface area contributed by atoms with Crippen LogP contribution in [0.2, 0.25) is 0 Å². The van der Waals surface area contributed by atoms with Crippen LogP contribution in [0.4, 0.5) is 0 Å². The molecule has 1 N–H and O–H groups in total. The average Bonchev–Trinajstić information content (AvgIpc) is 2.47. The van der Waals surface area contributed by atoms with Crippen LogP contribution >= 0.6 is 11.8 Å². The van der Waals surface area contributed by atoms with Crippen LogP contribution in [0.15, 0.2) is 36.9 Å². The van der Waals surface area contributed by atoms with Crippen molar-refractivity contribution in [3.05, 3.63) is 42.5 Å². The predicted molar refractivity (Wildman–Crippen MR) is 83.9 cm³/mol. The molecular formula is C16H23NOS. The summed E-state index contributed by atoms with van der Waals surface area (Å²) in [7, 11) is 0. The number of nitrogens with one attached hydrogen (secondary N) is 1. The number of rotatable bonds is 7. The van der Waals surface area contributed by atoms with E-state index in [2.05, 4.69) is 35.8 Å². The molecule has 0 aromatic heterocycles. The zero-order valence-electron chi connectivity index (χ0n) is 11.4. The fraction of sp³-hybridized carbons (Fsp3) is 0.500. The molecule has 1 aromatic carbocycles. The molecular weight excluding hydrogens is 254 g/mol. The maximum absolute atomic E-state index is 5.47. The van der Waals surface area contributed by atoms with Crippen LogP contribution in [0.1, 0.15) is 24.8 Å². The fourth-order valence-electron chi connectivity index (χ4n) is 2.20. The molecule has 0 spiro atoms. The number of thioether (sulfide) groups is 1. The third-order valence-electron chi connectivity index (χ3n) is 3.27. The van der Waals surface area contributed by atoms with Crippen LogP contribution in [0.3, 0.4) is 0 Å². The van der Waals surface area contributed by atoms with Crippen molar-refractivity contribution in [2.75, 3.05) is 18.9 Å². The second kappa shape index (κ2) is 8.28. The van der Waals surface area contributed by atoms with Gasteiger partial charge in [0.1, 0.15) is 12.4 Å². The first-order valence-corrected chi connectivity index (χ1v) is 8.08. The minimum absolute atomic E-state index is 0.566. The SMILES string of the molecule is C=CCOc1ccc(CNCC2CCCCS2)cc1. The number of ether oxygens (including phenoxy) is 1. The number of hydrogen-bond donors (Lipinski definition) is 1. The lowest BCUT2D eigenvalue weighted by atomic mass is 10.2. The Morgan fingerprint density at radius 3 is 2.84 bits per heavy atom. The molecule has 0 aliphatic carbocycles. The summed E-state index contributed by atoms with van der Waals surface area (Å²) in [6.07, 6.45) is 5.92. The van der Waals surface area contributed by atoms with Crippen LogP contribution < -0.4 is 10.1 Å². The van der Waals surface area contributed by atoms with Crippen molar-refractivity contribution in [2.24, 2.45) is 0 Å². The van der Waals surface area contributed by atoms with Crippen molar-refractivity contribution in [3.8, 4) is 5.75 Å². The van der Waals surface area contributed by atoms with Crippen LogP contribution in [-0.2, 0) is 6.54 Å². The minimum atomic E-state index is 0.566. The van der Waals surface area contributed by atoms with Crippen molar-refractivity contribution in [1.82, 2.24) is 5.32 Å². The average molecular weight is 277 g/mol. The molecule has 0 radical (unpaired) electrons. The fourth-order valence-corrected chi connectivity index (χ4v) is 3.48. The Balaban J connectivity index is 1.68. The van der Waals surface area contributed by atoms with Gasteiger partial charge in [-0.25, -0.2) is 0 Å². The minimum Gasteiger partial charge on any atom is -0.490 e. The van der Waals surface area contributed by atoms with E-state index in [1.165, 1.54) is 30.6 Å². The molecule has 0 amide bonds. The molecule has 1 atom stereocenters. The van der Waals surface area contributed by atoms with Crippen LogP contribution in [-0.4, -0.2) is 24.2 Å². The van der Waals surface area contributed by atoms with E-state index in [1.807, 2.05) is 12.1 Å². The van der Waals surface area contributed by atoms with E-state index in [9.17, 15) is 0 Å². The highest BCUT2D eigenvalue weighted by Gasteiger charge is 2.12. The Morgan fingerprint density at radius 2 is 2.16 bits per heavy atom. The molecule has 2 nitrogen and oxygen atoms in total. The lowest BCUT2D eigenvalue weighted by Crippen LogP contribution is -2.26. The molecule has 0 bridgehead atoms. The number of benzene rings is 1. The second-order valence-corrected chi connectivity index (χ2v) is 6.27. The van der Waals surface area contributed by atoms with Gasteiger partial charge in [-0.05, 0) is 36.3 Å². The van der Waals surface area contributed by atoms with Gasteiger partial charge in [0.2, 0.25) is 0 Å². The van der Waals surface area contributed by atoms with E-state index in [-0.39, 0.29) is 0 Å². The van der Waals surface area contributed by atoms with E-state index in [0.717, 1.165) is 24.1 Å². The lowest BCUT2D eigenvalue weighted by molar-refractivity contribution is 0.363. The van der Waals surface area contributed by atoms with Gasteiger partial charge in [-0.15, -0.1) is 0 Å². The smallest absolute Gasteiger partial charge is 0.119 e. The normalized spacial score (nSPS) is 19.1. The second-order valence-electron chi connectivity index (χ2n) is 4.86. The van der Waals surface area contributed by atoms with Crippen molar-refractivity contribution in [3.63, 3.8) is 0 Å². The summed E-state index contributed by atoms with van der Waals surface area (Å²) in [5.41, 5.74) is 1.31. The summed E-state index contributed by atoms with van der Waals surface area (Å²) >= 11 is 2.12. The largest absolute Gasteiger partial charge is 0.490 e. The zero-order chi connectivity index (χ0) is 13.3. The Bertz CT molecular complexity index is 371. The molecule has 104 valence electrons. The van der Waals surface area contributed by atoms with Crippen LogP contribution in [0.5, 0.6) is 5.75 Å². The Labute approximate surface area is 120 Å². The zero-order valence-corrected chi connectivity index (χ0v) is 12.3. The van der Waals surface area contributed by atoms with Crippen molar-refractivity contribution >= 4 is 11.8 Å². The van der Waals surface area contributed by atoms with Crippen molar-refractivity contribution in [1.29, 1.82) is 0 Å². The van der Waals surface area contributed by atoms with E-state index < -0.39 is 0 Å². The Hall–Kier alpha value is -0.930. The van der Waals surface area contributed by atoms with Crippen LogP contribution in [0.25, 0.3) is 0 Å². The number of hydrogen-bond acceptors (Lipinski definition) is 3. The first kappa shape index (κ1) is 14.5. The van der Waals surface area contributed by atoms with Gasteiger partial charge >= 0.3 is 0 Å². The topological polar surface area (TPSA) is 21.3 Å². The summed E-state index contributed by atoms with van der Waals surface area (Å²) < 4.78 is 5.47. The van der Waals surface area contributed by atoms with Gasteiger partial charge in [0.05, 0.1) is 0 Å². The van der Waals surface area contributed by atoms with Crippen LogP contribution in [0, 0.1) is 0 Å². The monoisotopic (exact) mass is 277 g/mol. The molecule has 19 heavy (non-hydrogen) atoms. The quantitative estimate of drug-likeness (QED) is 0.769. The lowest BCUT2D eigenvalue weighted by Gasteiger charge is -2.21. The van der Waals surface area contributed by atoms with E-state index in [4.69, 9.17) is 4.74 Å². The third-order valence-corrected chi connectivity index (χ3v) is 4.66. The van der Waals surface area contributed by atoms with E-state index in [1.54, 1.807) is 6.08 Å². The van der Waals surface area contributed by atoms with Gasteiger partial charge in [0, 0.05) is 18.3 Å². The van der Waals surface area contributed by atoms with Gasteiger partial charge in [0.15, 0.2) is 0 Å². The van der Waals surface area contributed by atoms with Gasteiger partial charge in [0.25, 0.3) is 0 Å². The molecule has 1 aromatic rings. The summed E-state index contributed by atoms with van der Waals surface area (Å²) in [5.74, 6) is 2.24. The molecule has 1 aliphatic rings. The summed E-state index contributed by atoms with van der Waals surface area (Å²) in [6, 6.07) is 8.30. The predicted octanol–water partition coefficient (Wildman–Crippen LogP) is 3.63. The highest BCUT2D eigenvalue weighted by atomic mass is 32.2. The molecule has 1 aliphatic heterocycles. The molecule has 1 fully saturated rings. The first-order valence-electron chi connectivity index (χ1n) is 7.03. The summed E-state index contributed by atoms with van der Waals surface area (Å²) in [6.45, 7) is 6.27. The van der Waals surface area contributed by atoms with Crippen molar-refractivity contribution < 1.29 is 4.74 Å². The van der Waals surface area contributed by atoms with Gasteiger partial charge in [-0.1, -0.05) is 31.2 Å². The van der Waals surface area contributed by atoms with Crippen molar-refractivity contribution in [2.45, 2.75) is 31.1 Å². The van der Waals surface area contributed by atoms with E-state index >= 15 is 0 Å². The van der Waals surface area contributed by atoms with Gasteiger partial charge in [-0.2, -0.15) is 11.8 Å². The molecule has 1 saturated heterocycles. The molecule has 3 heteroatoms. The van der Waals surface area contributed by atoms with Gasteiger partial charge < -0.3 is 10.1 Å². The molecule has 1 heterocycles. The standard InChI is InChI=1S/C16H23NOS/c1-2-10-18-15-8-6-14(7-9-15)12-17-13-16-5-3-4-11-19-16/h2,6-9,16-17H,1,3-5,10-13H2. The van der Waals surface area contributed by atoms with Gasteiger partial charge in [-0.3, -0.25) is 0 Å². The molecule has 1 unspecified atom stereocenters. The summed E-state index contributed by atoms with van der Waals surface area (Å²) in [4.78, 5) is 0. The molecule has 0 saturated carbocycles. The highest BCUT2D eigenvalue weighted by Crippen LogP contribution is 2.24. The Kier molecular flexibility index (Phi) is 6.31. The highest BCUT2D eigenvalue weighted by molar-refractivity contribution is 7.99. The van der Waals surface area contributed by atoms with E-state index in [0.29, 0.717) is 6.61 Å². The first-order chi connectivity index (χ1) is 9.38.